The predicted molar refractivity (Wildman–Crippen MR) is 91.1 cm³/mol. The zero-order valence-electron chi connectivity index (χ0n) is 13.0. The summed E-state index contributed by atoms with van der Waals surface area (Å²) in [4.78, 5) is 6.70. The Morgan fingerprint density at radius 3 is 2.74 bits per heavy atom. The molecular weight excluding hydrogens is 308 g/mol. The average Bonchev–Trinajstić information content (AvgIpc) is 3.13. The molecule has 0 amide bonds. The minimum absolute atomic E-state index is 0.292. The number of aliphatic hydroxyl groups excluding tert-OH is 1. The predicted octanol–water partition coefficient (Wildman–Crippen LogP) is 3.82. The topological polar surface area (TPSA) is 36.4 Å². The molecule has 2 fully saturated rings. The second-order valence-corrected chi connectivity index (χ2v) is 7.10. The molecule has 0 aliphatic carbocycles. The SMILES string of the molecule is OC(c1ccc(Cl)nc1)C1CC2CCC1N2Cc1ccccc1. The van der Waals surface area contributed by atoms with E-state index in [1.54, 1.807) is 12.3 Å². The van der Waals surface area contributed by atoms with Gasteiger partial charge in [0, 0.05) is 30.7 Å². The average molecular weight is 329 g/mol. The molecule has 2 bridgehead atoms. The van der Waals surface area contributed by atoms with Crippen LogP contribution in [0.15, 0.2) is 48.7 Å². The molecule has 0 spiro atoms. The summed E-state index contributed by atoms with van der Waals surface area (Å²) in [6.45, 7) is 0.984. The standard InChI is InChI=1S/C19H21ClN2O/c20-18-9-6-14(11-21-18)19(23)16-10-15-7-8-17(16)22(15)12-13-4-2-1-3-5-13/h1-6,9,11,15-17,19,23H,7-8,10,12H2. The van der Waals surface area contributed by atoms with Gasteiger partial charge in [0.15, 0.2) is 0 Å². The lowest BCUT2D eigenvalue weighted by Crippen LogP contribution is -2.31. The smallest absolute Gasteiger partial charge is 0.129 e. The highest BCUT2D eigenvalue weighted by Crippen LogP contribution is 2.47. The van der Waals surface area contributed by atoms with Gasteiger partial charge >= 0.3 is 0 Å². The van der Waals surface area contributed by atoms with E-state index in [1.807, 2.05) is 6.07 Å². The minimum Gasteiger partial charge on any atom is -0.388 e. The van der Waals surface area contributed by atoms with E-state index >= 15 is 0 Å². The number of benzene rings is 1. The molecule has 4 unspecified atom stereocenters. The number of rotatable bonds is 4. The van der Waals surface area contributed by atoms with Crippen LogP contribution < -0.4 is 0 Å². The van der Waals surface area contributed by atoms with Crippen molar-refractivity contribution < 1.29 is 5.11 Å². The van der Waals surface area contributed by atoms with Gasteiger partial charge in [0.1, 0.15) is 5.15 Å². The van der Waals surface area contributed by atoms with Crippen LogP contribution in [0.1, 0.15) is 36.5 Å². The summed E-state index contributed by atoms with van der Waals surface area (Å²) in [5.41, 5.74) is 2.24. The lowest BCUT2D eigenvalue weighted by atomic mass is 9.83. The van der Waals surface area contributed by atoms with Crippen molar-refractivity contribution in [3.63, 3.8) is 0 Å². The maximum Gasteiger partial charge on any atom is 0.129 e. The van der Waals surface area contributed by atoms with Gasteiger partial charge in [0.25, 0.3) is 0 Å². The molecule has 1 N–H and O–H groups in total. The van der Waals surface area contributed by atoms with Gasteiger partial charge in [0.2, 0.25) is 0 Å². The number of pyridine rings is 1. The summed E-state index contributed by atoms with van der Waals surface area (Å²) in [5.74, 6) is 0.292. The third kappa shape index (κ3) is 2.89. The van der Waals surface area contributed by atoms with Crippen LogP contribution in [-0.2, 0) is 6.54 Å². The second-order valence-electron chi connectivity index (χ2n) is 6.72. The molecule has 3 nitrogen and oxygen atoms in total. The summed E-state index contributed by atoms with van der Waals surface area (Å²) in [5, 5.41) is 11.3. The summed E-state index contributed by atoms with van der Waals surface area (Å²) in [6.07, 6.45) is 4.76. The first-order valence-electron chi connectivity index (χ1n) is 8.31. The maximum absolute atomic E-state index is 10.8. The lowest BCUT2D eigenvalue weighted by Gasteiger charge is -2.28. The fraction of sp³-hybridized carbons (Fsp3) is 0.421. The number of aromatic nitrogens is 1. The monoisotopic (exact) mass is 328 g/mol. The Morgan fingerprint density at radius 1 is 1.17 bits per heavy atom. The van der Waals surface area contributed by atoms with Crippen LogP contribution in [0.2, 0.25) is 5.15 Å². The Bertz CT molecular complexity index is 661. The van der Waals surface area contributed by atoms with Crippen molar-refractivity contribution in [3.8, 4) is 0 Å². The first-order chi connectivity index (χ1) is 11.2. The van der Waals surface area contributed by atoms with Crippen molar-refractivity contribution in [1.29, 1.82) is 0 Å². The zero-order valence-corrected chi connectivity index (χ0v) is 13.7. The fourth-order valence-electron chi connectivity index (χ4n) is 4.34. The minimum atomic E-state index is -0.451. The van der Waals surface area contributed by atoms with E-state index in [1.165, 1.54) is 18.4 Å². The molecule has 4 rings (SSSR count). The van der Waals surface area contributed by atoms with Gasteiger partial charge in [-0.15, -0.1) is 0 Å². The van der Waals surface area contributed by atoms with Gasteiger partial charge in [-0.3, -0.25) is 4.90 Å². The van der Waals surface area contributed by atoms with Crippen LogP contribution in [0.4, 0.5) is 0 Å². The molecule has 1 aromatic carbocycles. The summed E-state index contributed by atoms with van der Waals surface area (Å²) in [7, 11) is 0. The van der Waals surface area contributed by atoms with Crippen molar-refractivity contribution in [2.24, 2.45) is 5.92 Å². The van der Waals surface area contributed by atoms with Crippen molar-refractivity contribution in [2.45, 2.75) is 44.0 Å². The highest BCUT2D eigenvalue weighted by molar-refractivity contribution is 6.29. The number of nitrogens with zero attached hydrogens (tertiary/aromatic N) is 2. The van der Waals surface area contributed by atoms with Crippen LogP contribution in [0.25, 0.3) is 0 Å². The molecule has 2 aliphatic rings. The van der Waals surface area contributed by atoms with Crippen LogP contribution >= 0.6 is 11.6 Å². The lowest BCUT2D eigenvalue weighted by molar-refractivity contribution is 0.0800. The van der Waals surface area contributed by atoms with E-state index < -0.39 is 6.10 Å². The van der Waals surface area contributed by atoms with Crippen molar-refractivity contribution in [3.05, 3.63) is 64.9 Å². The first-order valence-corrected chi connectivity index (χ1v) is 8.69. The molecule has 0 radical (unpaired) electrons. The van der Waals surface area contributed by atoms with Crippen LogP contribution in [0, 0.1) is 5.92 Å². The number of hydrogen-bond acceptors (Lipinski definition) is 3. The van der Waals surface area contributed by atoms with Crippen molar-refractivity contribution >= 4 is 11.6 Å². The molecule has 0 saturated carbocycles. The van der Waals surface area contributed by atoms with Crippen molar-refractivity contribution in [1.82, 2.24) is 9.88 Å². The van der Waals surface area contributed by atoms with Gasteiger partial charge in [-0.2, -0.15) is 0 Å². The third-order valence-electron chi connectivity index (χ3n) is 5.43. The van der Waals surface area contributed by atoms with Crippen molar-refractivity contribution in [2.75, 3.05) is 0 Å². The molecule has 120 valence electrons. The molecule has 1 aromatic heterocycles. The summed E-state index contributed by atoms with van der Waals surface area (Å²) < 4.78 is 0. The molecule has 2 saturated heterocycles. The van der Waals surface area contributed by atoms with E-state index in [2.05, 4.69) is 40.2 Å². The molecular formula is C19H21ClN2O. The summed E-state index contributed by atoms with van der Waals surface area (Å²) >= 11 is 5.85. The van der Waals surface area contributed by atoms with E-state index in [0.717, 1.165) is 18.5 Å². The third-order valence-corrected chi connectivity index (χ3v) is 5.66. The first kappa shape index (κ1) is 15.1. The number of fused-ring (bicyclic) bond motifs is 2. The Morgan fingerprint density at radius 2 is 2.00 bits per heavy atom. The van der Waals surface area contributed by atoms with Gasteiger partial charge < -0.3 is 5.11 Å². The Hall–Kier alpha value is -1.42. The quantitative estimate of drug-likeness (QED) is 0.867. The van der Waals surface area contributed by atoms with Crippen LogP contribution in [0.3, 0.4) is 0 Å². The van der Waals surface area contributed by atoms with Crippen LogP contribution in [-0.4, -0.2) is 27.1 Å². The normalized spacial score (nSPS) is 28.2. The molecule has 23 heavy (non-hydrogen) atoms. The van der Waals surface area contributed by atoms with Gasteiger partial charge in [-0.1, -0.05) is 48.0 Å². The largest absolute Gasteiger partial charge is 0.388 e. The van der Waals surface area contributed by atoms with Crippen LogP contribution in [0.5, 0.6) is 0 Å². The Labute approximate surface area is 141 Å². The molecule has 4 heteroatoms. The number of halogens is 1. The number of hydrogen-bond donors (Lipinski definition) is 1. The molecule has 4 atom stereocenters. The van der Waals surface area contributed by atoms with E-state index in [-0.39, 0.29) is 0 Å². The van der Waals surface area contributed by atoms with E-state index in [0.29, 0.717) is 23.2 Å². The molecule has 2 aliphatic heterocycles. The Balaban J connectivity index is 1.50. The second kappa shape index (κ2) is 6.23. The zero-order chi connectivity index (χ0) is 15.8. The van der Waals surface area contributed by atoms with Gasteiger partial charge in [-0.05, 0) is 36.5 Å². The fourth-order valence-corrected chi connectivity index (χ4v) is 4.45. The maximum atomic E-state index is 10.8. The van der Waals surface area contributed by atoms with Gasteiger partial charge in [-0.25, -0.2) is 4.98 Å². The van der Waals surface area contributed by atoms with E-state index in [4.69, 9.17) is 11.6 Å². The van der Waals surface area contributed by atoms with Gasteiger partial charge in [0.05, 0.1) is 6.10 Å². The van der Waals surface area contributed by atoms with E-state index in [9.17, 15) is 5.11 Å². The highest BCUT2D eigenvalue weighted by atomic mass is 35.5. The Kier molecular flexibility index (Phi) is 4.10. The highest BCUT2D eigenvalue weighted by Gasteiger charge is 2.48. The molecule has 2 aromatic rings. The molecule has 3 heterocycles. The number of aliphatic hydroxyl groups is 1. The summed E-state index contributed by atoms with van der Waals surface area (Å²) in [6, 6.07) is 15.3.